The first kappa shape index (κ1) is 14.3. The van der Waals surface area contributed by atoms with Gasteiger partial charge in [0.15, 0.2) is 0 Å². The lowest BCUT2D eigenvalue weighted by Gasteiger charge is -2.36. The van der Waals surface area contributed by atoms with E-state index in [-0.39, 0.29) is 22.6 Å². The van der Waals surface area contributed by atoms with Crippen LogP contribution in [0, 0.1) is 5.41 Å². The van der Waals surface area contributed by atoms with Gasteiger partial charge in [0.2, 0.25) is 0 Å². The number of allylic oxidation sites excluding steroid dienone is 2. The van der Waals surface area contributed by atoms with Gasteiger partial charge < -0.3 is 9.47 Å². The molecule has 3 nitrogen and oxygen atoms in total. The average Bonchev–Trinajstić information content (AvgIpc) is 2.94. The van der Waals surface area contributed by atoms with Crippen molar-refractivity contribution >= 4 is 5.97 Å². The highest BCUT2D eigenvalue weighted by molar-refractivity contribution is 5.83. The second-order valence-corrected chi connectivity index (χ2v) is 6.55. The number of epoxide rings is 1. The molecular formula is C16H24O3. The molecule has 1 saturated carbocycles. The molecule has 0 aromatic heterocycles. The highest BCUT2D eigenvalue weighted by Gasteiger charge is 2.73. The number of hydrogen-bond donors (Lipinski definition) is 0. The molecule has 2 atom stereocenters. The number of methoxy groups -OCH3 is 1. The van der Waals surface area contributed by atoms with Crippen LogP contribution in [0.5, 0.6) is 0 Å². The Kier molecular flexibility index (Phi) is 3.38. The fraction of sp³-hybridized carbons (Fsp3) is 0.688. The van der Waals surface area contributed by atoms with Crippen molar-refractivity contribution in [3.8, 4) is 0 Å². The molecule has 106 valence electrons. The van der Waals surface area contributed by atoms with Gasteiger partial charge in [-0.3, -0.25) is 0 Å². The zero-order chi connectivity index (χ0) is 14.3. The van der Waals surface area contributed by atoms with Gasteiger partial charge in [0.05, 0.1) is 12.7 Å². The SMILES string of the molecule is COC(=O)/C=C(C)/C=C/C12OC1(C)CCCC2(C)C. The van der Waals surface area contributed by atoms with Crippen LogP contribution < -0.4 is 0 Å². The maximum absolute atomic E-state index is 11.2. The minimum absolute atomic E-state index is 0.0310. The summed E-state index contributed by atoms with van der Waals surface area (Å²) in [6, 6.07) is 0. The van der Waals surface area contributed by atoms with E-state index in [9.17, 15) is 4.79 Å². The summed E-state index contributed by atoms with van der Waals surface area (Å²) in [7, 11) is 1.39. The molecule has 0 amide bonds. The quantitative estimate of drug-likeness (QED) is 0.339. The Labute approximate surface area is 115 Å². The van der Waals surface area contributed by atoms with Crippen molar-refractivity contribution in [1.82, 2.24) is 0 Å². The molecule has 2 aliphatic rings. The smallest absolute Gasteiger partial charge is 0.330 e. The Bertz CT molecular complexity index is 447. The molecule has 0 aromatic carbocycles. The molecule has 2 rings (SSSR count). The second-order valence-electron chi connectivity index (χ2n) is 6.55. The topological polar surface area (TPSA) is 38.8 Å². The second kappa shape index (κ2) is 4.48. The van der Waals surface area contributed by atoms with Crippen LogP contribution >= 0.6 is 0 Å². The van der Waals surface area contributed by atoms with Gasteiger partial charge >= 0.3 is 5.97 Å². The van der Waals surface area contributed by atoms with Gasteiger partial charge in [-0.1, -0.05) is 19.9 Å². The number of rotatable bonds is 3. The largest absolute Gasteiger partial charge is 0.466 e. The molecule has 2 unspecified atom stereocenters. The molecule has 19 heavy (non-hydrogen) atoms. The molecule has 1 aliphatic carbocycles. The minimum atomic E-state index is -0.318. The van der Waals surface area contributed by atoms with Crippen LogP contribution in [0.2, 0.25) is 0 Å². The zero-order valence-corrected chi connectivity index (χ0v) is 12.6. The van der Waals surface area contributed by atoms with Crippen LogP contribution in [0.1, 0.15) is 47.0 Å². The zero-order valence-electron chi connectivity index (χ0n) is 12.6. The maximum atomic E-state index is 11.2. The van der Waals surface area contributed by atoms with Crippen molar-refractivity contribution in [2.24, 2.45) is 5.41 Å². The third kappa shape index (κ3) is 2.25. The first-order chi connectivity index (χ1) is 8.76. The van der Waals surface area contributed by atoms with Gasteiger partial charge in [-0.05, 0) is 44.8 Å². The van der Waals surface area contributed by atoms with E-state index in [0.29, 0.717) is 0 Å². The van der Waals surface area contributed by atoms with Gasteiger partial charge in [0, 0.05) is 11.5 Å². The number of carbonyl (C=O) groups is 1. The number of carbonyl (C=O) groups excluding carboxylic acids is 1. The standard InChI is InChI=1S/C16H24O3/c1-12(11-13(17)18-5)7-10-16-14(2,3)8-6-9-15(16,4)19-16/h7,10-11H,6,8-9H2,1-5H3/b10-7+,12-11+. The van der Waals surface area contributed by atoms with Gasteiger partial charge in [-0.15, -0.1) is 0 Å². The lowest BCUT2D eigenvalue weighted by Crippen LogP contribution is -2.41. The van der Waals surface area contributed by atoms with Crippen LogP contribution in [0.25, 0.3) is 0 Å². The van der Waals surface area contributed by atoms with Crippen molar-refractivity contribution in [2.45, 2.75) is 58.2 Å². The fourth-order valence-corrected chi connectivity index (χ4v) is 3.45. The summed E-state index contributed by atoms with van der Waals surface area (Å²) in [5.74, 6) is -0.318. The summed E-state index contributed by atoms with van der Waals surface area (Å²) in [4.78, 5) is 11.2. The van der Waals surface area contributed by atoms with Crippen LogP contribution in [0.15, 0.2) is 23.8 Å². The van der Waals surface area contributed by atoms with Gasteiger partial charge in [0.25, 0.3) is 0 Å². The highest BCUT2D eigenvalue weighted by atomic mass is 16.6. The van der Waals surface area contributed by atoms with Crippen LogP contribution in [0.3, 0.4) is 0 Å². The van der Waals surface area contributed by atoms with E-state index in [0.717, 1.165) is 12.0 Å². The lowest BCUT2D eigenvalue weighted by atomic mass is 9.64. The fourth-order valence-electron chi connectivity index (χ4n) is 3.45. The van der Waals surface area contributed by atoms with Crippen LogP contribution in [0.4, 0.5) is 0 Å². The van der Waals surface area contributed by atoms with Crippen molar-refractivity contribution in [1.29, 1.82) is 0 Å². The molecule has 1 heterocycles. The minimum Gasteiger partial charge on any atom is -0.466 e. The summed E-state index contributed by atoms with van der Waals surface area (Å²) in [6.07, 6.45) is 9.13. The van der Waals surface area contributed by atoms with Crippen LogP contribution in [-0.4, -0.2) is 24.3 Å². The molecule has 0 spiro atoms. The first-order valence-electron chi connectivity index (χ1n) is 6.92. The third-order valence-corrected chi connectivity index (χ3v) is 4.72. The van der Waals surface area contributed by atoms with E-state index in [1.54, 1.807) is 0 Å². The lowest BCUT2D eigenvalue weighted by molar-refractivity contribution is -0.134. The van der Waals surface area contributed by atoms with E-state index in [1.807, 2.05) is 13.0 Å². The Balaban J connectivity index is 2.18. The van der Waals surface area contributed by atoms with Gasteiger partial charge in [-0.2, -0.15) is 0 Å². The molecule has 0 radical (unpaired) electrons. The third-order valence-electron chi connectivity index (χ3n) is 4.72. The number of fused-ring (bicyclic) bond motifs is 1. The molecule has 3 heteroatoms. The summed E-state index contributed by atoms with van der Waals surface area (Å²) in [6.45, 7) is 8.62. The maximum Gasteiger partial charge on any atom is 0.330 e. The number of hydrogen-bond acceptors (Lipinski definition) is 3. The van der Waals surface area contributed by atoms with Crippen molar-refractivity contribution < 1.29 is 14.3 Å². The summed E-state index contributed by atoms with van der Waals surface area (Å²) >= 11 is 0. The number of esters is 1. The van der Waals surface area contributed by atoms with E-state index >= 15 is 0 Å². The average molecular weight is 264 g/mol. The van der Waals surface area contributed by atoms with Crippen LogP contribution in [-0.2, 0) is 14.3 Å². The van der Waals surface area contributed by atoms with E-state index in [4.69, 9.17) is 4.74 Å². The van der Waals surface area contributed by atoms with E-state index in [1.165, 1.54) is 26.0 Å². The molecule has 0 bridgehead atoms. The Morgan fingerprint density at radius 3 is 2.53 bits per heavy atom. The summed E-state index contributed by atoms with van der Waals surface area (Å²) < 4.78 is 10.7. The molecule has 2 fully saturated rings. The predicted molar refractivity (Wildman–Crippen MR) is 74.8 cm³/mol. The number of ether oxygens (including phenoxy) is 2. The Morgan fingerprint density at radius 2 is 1.95 bits per heavy atom. The Hall–Kier alpha value is -1.09. The monoisotopic (exact) mass is 264 g/mol. The summed E-state index contributed by atoms with van der Waals surface area (Å²) in [5, 5.41) is 0. The van der Waals surface area contributed by atoms with Gasteiger partial charge in [-0.25, -0.2) is 4.79 Å². The molecule has 1 aliphatic heterocycles. The molecule has 1 saturated heterocycles. The molecular weight excluding hydrogens is 240 g/mol. The first-order valence-corrected chi connectivity index (χ1v) is 6.92. The molecule has 0 aromatic rings. The normalized spacial score (nSPS) is 37.0. The van der Waals surface area contributed by atoms with E-state index in [2.05, 4.69) is 31.6 Å². The van der Waals surface area contributed by atoms with Crippen molar-refractivity contribution in [3.05, 3.63) is 23.8 Å². The van der Waals surface area contributed by atoms with Crippen molar-refractivity contribution in [2.75, 3.05) is 7.11 Å². The highest BCUT2D eigenvalue weighted by Crippen LogP contribution is 2.66. The molecule has 0 N–H and O–H groups in total. The predicted octanol–water partition coefficient (Wildman–Crippen LogP) is 3.40. The Morgan fingerprint density at radius 1 is 1.26 bits per heavy atom. The van der Waals surface area contributed by atoms with E-state index < -0.39 is 0 Å². The van der Waals surface area contributed by atoms with Gasteiger partial charge in [0.1, 0.15) is 5.60 Å². The van der Waals surface area contributed by atoms with Crippen molar-refractivity contribution in [3.63, 3.8) is 0 Å². The summed E-state index contributed by atoms with van der Waals surface area (Å²) in [5.41, 5.74) is 0.822.